The Bertz CT molecular complexity index is 397. The van der Waals surface area contributed by atoms with Gasteiger partial charge in [0, 0.05) is 16.6 Å². The molecule has 1 aromatic carbocycles. The number of carboxylic acids is 1. The third kappa shape index (κ3) is 4.07. The van der Waals surface area contributed by atoms with E-state index >= 15 is 0 Å². The zero-order valence-corrected chi connectivity index (χ0v) is 10.5. The molecule has 1 unspecified atom stereocenters. The summed E-state index contributed by atoms with van der Waals surface area (Å²) in [6, 6.07) is 3.76. The van der Waals surface area contributed by atoms with Gasteiger partial charge in [-0.15, -0.1) is 0 Å². The van der Waals surface area contributed by atoms with Crippen molar-refractivity contribution in [2.45, 2.75) is 12.5 Å². The van der Waals surface area contributed by atoms with Crippen molar-refractivity contribution in [3.8, 4) is 0 Å². The molecule has 1 rings (SSSR count). The van der Waals surface area contributed by atoms with Crippen molar-refractivity contribution < 1.29 is 24.1 Å². The van der Waals surface area contributed by atoms with Crippen molar-refractivity contribution in [1.82, 2.24) is 0 Å². The van der Waals surface area contributed by atoms with Crippen LogP contribution in [0.3, 0.4) is 0 Å². The summed E-state index contributed by atoms with van der Waals surface area (Å²) in [5.74, 6) is -1.73. The van der Waals surface area contributed by atoms with Gasteiger partial charge in [0.25, 0.3) is 0 Å². The SMILES string of the molecule is O=C(O)C(OCCCO)c1cc(F)ccc1Br. The largest absolute Gasteiger partial charge is 0.479 e. The van der Waals surface area contributed by atoms with Crippen molar-refractivity contribution in [3.05, 3.63) is 34.1 Å². The van der Waals surface area contributed by atoms with E-state index in [1.807, 2.05) is 0 Å². The normalized spacial score (nSPS) is 12.4. The van der Waals surface area contributed by atoms with Crippen LogP contribution in [0.2, 0.25) is 0 Å². The number of halogens is 2. The highest BCUT2D eigenvalue weighted by Crippen LogP contribution is 2.27. The predicted octanol–water partition coefficient (Wildman–Crippen LogP) is 2.11. The first-order valence-corrected chi connectivity index (χ1v) is 5.75. The van der Waals surface area contributed by atoms with Crippen LogP contribution < -0.4 is 0 Å². The molecule has 4 nitrogen and oxygen atoms in total. The Morgan fingerprint density at radius 3 is 2.82 bits per heavy atom. The van der Waals surface area contributed by atoms with Crippen molar-refractivity contribution in [2.24, 2.45) is 0 Å². The molecule has 0 amide bonds. The van der Waals surface area contributed by atoms with Gasteiger partial charge in [0.2, 0.25) is 0 Å². The number of ether oxygens (including phenoxy) is 1. The van der Waals surface area contributed by atoms with Gasteiger partial charge in [0.15, 0.2) is 6.10 Å². The summed E-state index contributed by atoms with van der Waals surface area (Å²) in [6.07, 6.45) is -0.914. The molecule has 2 N–H and O–H groups in total. The van der Waals surface area contributed by atoms with Crippen molar-refractivity contribution in [1.29, 1.82) is 0 Å². The highest BCUT2D eigenvalue weighted by Gasteiger charge is 2.23. The van der Waals surface area contributed by atoms with Gasteiger partial charge in [-0.25, -0.2) is 9.18 Å². The molecular formula is C11H12BrFO4. The van der Waals surface area contributed by atoms with E-state index in [4.69, 9.17) is 14.9 Å². The molecule has 0 spiro atoms. The molecular weight excluding hydrogens is 295 g/mol. The summed E-state index contributed by atoms with van der Waals surface area (Å²) in [7, 11) is 0. The van der Waals surface area contributed by atoms with E-state index in [-0.39, 0.29) is 18.8 Å². The van der Waals surface area contributed by atoms with Gasteiger partial charge in [-0.2, -0.15) is 0 Å². The molecule has 0 bridgehead atoms. The van der Waals surface area contributed by atoms with Crippen LogP contribution in [-0.4, -0.2) is 29.4 Å². The second-order valence-electron chi connectivity index (χ2n) is 3.33. The molecule has 0 saturated heterocycles. The van der Waals surface area contributed by atoms with Gasteiger partial charge in [-0.1, -0.05) is 15.9 Å². The van der Waals surface area contributed by atoms with E-state index in [0.717, 1.165) is 6.07 Å². The maximum Gasteiger partial charge on any atom is 0.337 e. The first-order chi connectivity index (χ1) is 8.06. The summed E-state index contributed by atoms with van der Waals surface area (Å²) in [4.78, 5) is 11.0. The molecule has 0 saturated carbocycles. The number of carbonyl (C=O) groups is 1. The number of aliphatic carboxylic acids is 1. The van der Waals surface area contributed by atoms with Crippen LogP contribution in [0, 0.1) is 5.82 Å². The smallest absolute Gasteiger partial charge is 0.337 e. The van der Waals surface area contributed by atoms with E-state index in [1.54, 1.807) is 0 Å². The third-order valence-corrected chi connectivity index (χ3v) is 2.77. The van der Waals surface area contributed by atoms with E-state index in [0.29, 0.717) is 10.9 Å². The molecule has 0 aliphatic carbocycles. The second-order valence-corrected chi connectivity index (χ2v) is 4.19. The minimum Gasteiger partial charge on any atom is -0.479 e. The summed E-state index contributed by atoms with van der Waals surface area (Å²) >= 11 is 3.15. The van der Waals surface area contributed by atoms with Gasteiger partial charge in [-0.05, 0) is 24.6 Å². The number of hydrogen-bond donors (Lipinski definition) is 2. The molecule has 1 aromatic rings. The van der Waals surface area contributed by atoms with E-state index in [2.05, 4.69) is 15.9 Å². The fourth-order valence-corrected chi connectivity index (χ4v) is 1.73. The van der Waals surface area contributed by atoms with Gasteiger partial charge in [0.1, 0.15) is 5.82 Å². The molecule has 6 heteroatoms. The van der Waals surface area contributed by atoms with Crippen molar-refractivity contribution in [3.63, 3.8) is 0 Å². The van der Waals surface area contributed by atoms with E-state index < -0.39 is 17.9 Å². The number of rotatable bonds is 6. The molecule has 0 heterocycles. The van der Waals surface area contributed by atoms with Gasteiger partial charge >= 0.3 is 5.97 Å². The minimum atomic E-state index is -1.24. The second kappa shape index (κ2) is 6.68. The molecule has 0 fully saturated rings. The van der Waals surface area contributed by atoms with Gasteiger partial charge in [-0.3, -0.25) is 0 Å². The average molecular weight is 307 g/mol. The van der Waals surface area contributed by atoms with Crippen LogP contribution in [0.5, 0.6) is 0 Å². The van der Waals surface area contributed by atoms with E-state index in [1.165, 1.54) is 12.1 Å². The first-order valence-electron chi connectivity index (χ1n) is 4.96. The van der Waals surface area contributed by atoms with Crippen LogP contribution in [-0.2, 0) is 9.53 Å². The molecule has 0 aliphatic rings. The topological polar surface area (TPSA) is 66.8 Å². The van der Waals surface area contributed by atoms with Gasteiger partial charge in [0.05, 0.1) is 6.61 Å². The number of aliphatic hydroxyl groups excluding tert-OH is 1. The number of hydrogen-bond acceptors (Lipinski definition) is 3. The Morgan fingerprint density at radius 2 is 2.24 bits per heavy atom. The zero-order chi connectivity index (χ0) is 12.8. The lowest BCUT2D eigenvalue weighted by molar-refractivity contribution is -0.151. The predicted molar refractivity (Wildman–Crippen MR) is 62.1 cm³/mol. The molecule has 94 valence electrons. The standard InChI is InChI=1S/C11H12BrFO4/c12-9-3-2-7(13)6-8(9)10(11(15)16)17-5-1-4-14/h2-3,6,10,14H,1,4-5H2,(H,15,16). The van der Waals surface area contributed by atoms with Crippen LogP contribution in [0.15, 0.2) is 22.7 Å². The average Bonchev–Trinajstić information content (AvgIpc) is 2.28. The third-order valence-electron chi connectivity index (χ3n) is 2.05. The minimum absolute atomic E-state index is 0.0866. The molecule has 0 radical (unpaired) electrons. The van der Waals surface area contributed by atoms with Crippen molar-refractivity contribution in [2.75, 3.05) is 13.2 Å². The quantitative estimate of drug-likeness (QED) is 0.790. The lowest BCUT2D eigenvalue weighted by Gasteiger charge is -2.15. The van der Waals surface area contributed by atoms with Crippen LogP contribution in [0.4, 0.5) is 4.39 Å². The summed E-state index contributed by atoms with van der Waals surface area (Å²) < 4.78 is 18.6. The Kier molecular flexibility index (Phi) is 5.54. The monoisotopic (exact) mass is 306 g/mol. The molecule has 1 atom stereocenters. The van der Waals surface area contributed by atoms with Crippen molar-refractivity contribution >= 4 is 21.9 Å². The van der Waals surface area contributed by atoms with Crippen LogP contribution in [0.25, 0.3) is 0 Å². The Labute approximate surface area is 106 Å². The molecule has 0 aromatic heterocycles. The summed E-state index contributed by atoms with van der Waals surface area (Å²) in [5.41, 5.74) is 0.218. The highest BCUT2D eigenvalue weighted by atomic mass is 79.9. The van der Waals surface area contributed by atoms with Gasteiger partial charge < -0.3 is 14.9 Å². The summed E-state index contributed by atoms with van der Waals surface area (Å²) in [5, 5.41) is 17.6. The first kappa shape index (κ1) is 14.1. The molecule has 0 aliphatic heterocycles. The Morgan fingerprint density at radius 1 is 1.53 bits per heavy atom. The zero-order valence-electron chi connectivity index (χ0n) is 8.90. The Hall–Kier alpha value is -0.980. The maximum atomic E-state index is 13.0. The van der Waals surface area contributed by atoms with Crippen LogP contribution in [0.1, 0.15) is 18.1 Å². The number of aliphatic hydroxyl groups is 1. The van der Waals surface area contributed by atoms with Crippen LogP contribution >= 0.6 is 15.9 Å². The Balaban J connectivity index is 2.89. The fraction of sp³-hybridized carbons (Fsp3) is 0.364. The van der Waals surface area contributed by atoms with E-state index in [9.17, 15) is 9.18 Å². The maximum absolute atomic E-state index is 13.0. The number of benzene rings is 1. The summed E-state index contributed by atoms with van der Waals surface area (Å²) in [6.45, 7) is 0.00702. The lowest BCUT2D eigenvalue weighted by Crippen LogP contribution is -2.17. The molecule has 17 heavy (non-hydrogen) atoms. The lowest BCUT2D eigenvalue weighted by atomic mass is 10.1. The number of carboxylic acid groups (broad SMARTS) is 1. The fourth-order valence-electron chi connectivity index (χ4n) is 1.28. The highest BCUT2D eigenvalue weighted by molar-refractivity contribution is 9.10.